The van der Waals surface area contributed by atoms with Gasteiger partial charge in [0, 0.05) is 24.8 Å². The summed E-state index contributed by atoms with van der Waals surface area (Å²) in [5.41, 5.74) is 1.79. The van der Waals surface area contributed by atoms with Crippen LogP contribution in [0.4, 0.5) is 19.0 Å². The van der Waals surface area contributed by atoms with Crippen LogP contribution in [0.25, 0.3) is 0 Å². The van der Waals surface area contributed by atoms with Crippen LogP contribution >= 0.6 is 0 Å². The smallest absolute Gasteiger partial charge is 0.345 e. The largest absolute Gasteiger partial charge is 0.405 e. The summed E-state index contributed by atoms with van der Waals surface area (Å²) in [5, 5.41) is 3.38. The van der Waals surface area contributed by atoms with Crippen LogP contribution in [0.2, 0.25) is 0 Å². The number of nitrogens with one attached hydrogen (secondary N) is 1. The van der Waals surface area contributed by atoms with Gasteiger partial charge in [-0.1, -0.05) is 0 Å². The highest BCUT2D eigenvalue weighted by Gasteiger charge is 2.33. The Morgan fingerprint density at radius 1 is 1.38 bits per heavy atom. The molecule has 1 aromatic rings. The van der Waals surface area contributed by atoms with Gasteiger partial charge in [-0.15, -0.1) is 0 Å². The van der Waals surface area contributed by atoms with Crippen molar-refractivity contribution >= 4 is 5.82 Å². The standard InChI is InChI=1S/C15H22F3N3/c1-10(2)21(9-15(16,17)18)14-11(3)6-12(8-20-14)7-19-13-4-5-13/h6,8,10,13,19H,4-5,7,9H2,1-3H3. The van der Waals surface area contributed by atoms with Crippen molar-refractivity contribution < 1.29 is 13.2 Å². The average Bonchev–Trinajstić information content (AvgIpc) is 3.17. The SMILES string of the molecule is Cc1cc(CNC2CC2)cnc1N(CC(F)(F)F)C(C)C. The number of nitrogens with zero attached hydrogens (tertiary/aromatic N) is 2. The van der Waals surface area contributed by atoms with Crippen molar-refractivity contribution in [3.63, 3.8) is 0 Å². The van der Waals surface area contributed by atoms with Crippen molar-refractivity contribution in [3.8, 4) is 0 Å². The second-order valence-corrected chi connectivity index (χ2v) is 5.98. The third-order valence-corrected chi connectivity index (χ3v) is 3.52. The maximum atomic E-state index is 12.7. The molecule has 1 aromatic heterocycles. The second kappa shape index (κ2) is 6.22. The molecule has 0 aromatic carbocycles. The van der Waals surface area contributed by atoms with E-state index < -0.39 is 12.7 Å². The lowest BCUT2D eigenvalue weighted by Gasteiger charge is -2.30. The van der Waals surface area contributed by atoms with Crippen molar-refractivity contribution in [2.75, 3.05) is 11.4 Å². The Bertz CT molecular complexity index is 482. The monoisotopic (exact) mass is 301 g/mol. The van der Waals surface area contributed by atoms with Gasteiger partial charge in [0.25, 0.3) is 0 Å². The fraction of sp³-hybridized carbons (Fsp3) is 0.667. The van der Waals surface area contributed by atoms with Gasteiger partial charge < -0.3 is 10.2 Å². The highest BCUT2D eigenvalue weighted by Crippen LogP contribution is 2.26. The predicted octanol–water partition coefficient (Wildman–Crippen LogP) is 3.42. The summed E-state index contributed by atoms with van der Waals surface area (Å²) < 4.78 is 38.1. The molecule has 0 aliphatic heterocycles. The van der Waals surface area contributed by atoms with E-state index in [0.717, 1.165) is 17.7 Å². The number of hydrogen-bond acceptors (Lipinski definition) is 3. The zero-order valence-corrected chi connectivity index (χ0v) is 12.7. The van der Waals surface area contributed by atoms with Crippen molar-refractivity contribution in [1.82, 2.24) is 10.3 Å². The molecule has 1 aliphatic rings. The number of pyridine rings is 1. The summed E-state index contributed by atoms with van der Waals surface area (Å²) in [6, 6.07) is 2.26. The fourth-order valence-corrected chi connectivity index (χ4v) is 2.27. The first-order valence-electron chi connectivity index (χ1n) is 7.28. The van der Waals surface area contributed by atoms with E-state index in [9.17, 15) is 13.2 Å². The van der Waals surface area contributed by atoms with Gasteiger partial charge in [0.2, 0.25) is 0 Å². The number of alkyl halides is 3. The number of anilines is 1. The van der Waals surface area contributed by atoms with Gasteiger partial charge in [0.15, 0.2) is 0 Å². The molecule has 1 fully saturated rings. The number of halogens is 3. The molecule has 1 saturated carbocycles. The van der Waals surface area contributed by atoms with Gasteiger partial charge in [-0.2, -0.15) is 13.2 Å². The highest BCUT2D eigenvalue weighted by atomic mass is 19.4. The molecule has 0 atom stereocenters. The van der Waals surface area contributed by atoms with Crippen molar-refractivity contribution in [3.05, 3.63) is 23.4 Å². The first-order valence-corrected chi connectivity index (χ1v) is 7.28. The molecule has 0 unspecified atom stereocenters. The maximum Gasteiger partial charge on any atom is 0.405 e. The van der Waals surface area contributed by atoms with E-state index in [1.165, 1.54) is 17.7 Å². The minimum atomic E-state index is -4.23. The summed E-state index contributed by atoms with van der Waals surface area (Å²) in [6.45, 7) is 5.05. The summed E-state index contributed by atoms with van der Waals surface area (Å²) in [5.74, 6) is 0.414. The van der Waals surface area contributed by atoms with Crippen molar-refractivity contribution in [2.24, 2.45) is 0 Å². The summed E-state index contributed by atoms with van der Waals surface area (Å²) in [4.78, 5) is 5.57. The molecule has 0 saturated heterocycles. The minimum absolute atomic E-state index is 0.256. The van der Waals surface area contributed by atoms with Crippen molar-refractivity contribution in [1.29, 1.82) is 0 Å². The number of aryl methyl sites for hydroxylation is 1. The van der Waals surface area contributed by atoms with Gasteiger partial charge in [0.05, 0.1) is 0 Å². The fourth-order valence-electron chi connectivity index (χ4n) is 2.27. The first kappa shape index (κ1) is 16.1. The van der Waals surface area contributed by atoms with Gasteiger partial charge >= 0.3 is 6.18 Å². The normalized spacial score (nSPS) is 15.6. The quantitative estimate of drug-likeness (QED) is 0.872. The van der Waals surface area contributed by atoms with E-state index >= 15 is 0 Å². The van der Waals surface area contributed by atoms with E-state index in [4.69, 9.17) is 0 Å². The third-order valence-electron chi connectivity index (χ3n) is 3.52. The molecule has 3 nitrogen and oxygen atoms in total. The Kier molecular flexibility index (Phi) is 4.76. The molecule has 1 aliphatic carbocycles. The van der Waals surface area contributed by atoms with Crippen LogP contribution < -0.4 is 10.2 Å². The zero-order valence-electron chi connectivity index (χ0n) is 12.7. The molecule has 1 heterocycles. The summed E-state index contributed by atoms with van der Waals surface area (Å²) in [7, 11) is 0. The lowest BCUT2D eigenvalue weighted by Crippen LogP contribution is -2.40. The van der Waals surface area contributed by atoms with E-state index in [1.54, 1.807) is 20.0 Å². The molecule has 2 rings (SSSR count). The molecule has 21 heavy (non-hydrogen) atoms. The van der Waals surface area contributed by atoms with E-state index in [0.29, 0.717) is 11.9 Å². The maximum absolute atomic E-state index is 12.7. The van der Waals surface area contributed by atoms with E-state index in [1.807, 2.05) is 13.0 Å². The Balaban J connectivity index is 2.12. The Morgan fingerprint density at radius 2 is 2.05 bits per heavy atom. The Morgan fingerprint density at radius 3 is 2.52 bits per heavy atom. The summed E-state index contributed by atoms with van der Waals surface area (Å²) in [6.07, 6.45) is -0.150. The van der Waals surface area contributed by atoms with Crippen LogP contribution in [0, 0.1) is 6.92 Å². The average molecular weight is 301 g/mol. The zero-order chi connectivity index (χ0) is 15.6. The van der Waals surface area contributed by atoms with Gasteiger partial charge in [-0.3, -0.25) is 0 Å². The van der Waals surface area contributed by atoms with Crippen LogP contribution in [-0.4, -0.2) is 29.8 Å². The van der Waals surface area contributed by atoms with Crippen LogP contribution in [0.5, 0.6) is 0 Å². The van der Waals surface area contributed by atoms with Gasteiger partial charge in [0.1, 0.15) is 12.4 Å². The van der Waals surface area contributed by atoms with Crippen LogP contribution in [0.3, 0.4) is 0 Å². The summed E-state index contributed by atoms with van der Waals surface area (Å²) >= 11 is 0. The molecule has 0 radical (unpaired) electrons. The lowest BCUT2D eigenvalue weighted by molar-refractivity contribution is -0.120. The number of rotatable bonds is 6. The molecule has 6 heteroatoms. The molecular weight excluding hydrogens is 279 g/mol. The number of aromatic nitrogens is 1. The van der Waals surface area contributed by atoms with Crippen LogP contribution in [0.1, 0.15) is 37.8 Å². The Hall–Kier alpha value is -1.30. The molecule has 0 spiro atoms. The topological polar surface area (TPSA) is 28.2 Å². The van der Waals surface area contributed by atoms with Crippen molar-refractivity contribution in [2.45, 2.75) is 58.4 Å². The molecule has 0 amide bonds. The molecule has 1 N–H and O–H groups in total. The van der Waals surface area contributed by atoms with Gasteiger partial charge in [-0.25, -0.2) is 4.98 Å². The minimum Gasteiger partial charge on any atom is -0.345 e. The number of hydrogen-bond donors (Lipinski definition) is 1. The van der Waals surface area contributed by atoms with Crippen LogP contribution in [-0.2, 0) is 6.54 Å². The van der Waals surface area contributed by atoms with E-state index in [-0.39, 0.29) is 6.04 Å². The highest BCUT2D eigenvalue weighted by molar-refractivity contribution is 5.48. The molecule has 0 bridgehead atoms. The Labute approximate surface area is 123 Å². The van der Waals surface area contributed by atoms with E-state index in [2.05, 4.69) is 10.3 Å². The predicted molar refractivity (Wildman–Crippen MR) is 77.4 cm³/mol. The lowest BCUT2D eigenvalue weighted by atomic mass is 10.1. The van der Waals surface area contributed by atoms with Gasteiger partial charge in [-0.05, 0) is 50.8 Å². The molecular formula is C15H22F3N3. The molecule has 118 valence electrons. The first-order chi connectivity index (χ1) is 9.76. The van der Waals surface area contributed by atoms with Crippen LogP contribution in [0.15, 0.2) is 12.3 Å². The third kappa shape index (κ3) is 4.88. The second-order valence-electron chi connectivity index (χ2n) is 5.98.